The lowest BCUT2D eigenvalue weighted by molar-refractivity contribution is 0.992. The first kappa shape index (κ1) is 6.26. The number of hydrogen-bond donors (Lipinski definition) is 0. The average Bonchev–Trinajstić information content (AvgIpc) is 1.77. The van der Waals surface area contributed by atoms with Gasteiger partial charge in [0, 0.05) is 6.20 Å². The summed E-state index contributed by atoms with van der Waals surface area (Å²) in [6, 6.07) is 0. The van der Waals surface area contributed by atoms with Crippen LogP contribution in [0.25, 0.3) is 0 Å². The summed E-state index contributed by atoms with van der Waals surface area (Å²) in [7, 11) is 0. The molecule has 2 heteroatoms. The van der Waals surface area contributed by atoms with Crippen LogP contribution in [0.4, 0.5) is 0 Å². The Morgan fingerprint density at radius 3 is 2.75 bits per heavy atom. The van der Waals surface area contributed by atoms with Gasteiger partial charge in [0.2, 0.25) is 0 Å². The molecular formula is C6H8IN. The van der Waals surface area contributed by atoms with E-state index in [-0.39, 0.29) is 0 Å². The third kappa shape index (κ3) is 1.58. The van der Waals surface area contributed by atoms with Gasteiger partial charge in [0.1, 0.15) is 0 Å². The van der Waals surface area contributed by atoms with E-state index in [1.165, 1.54) is 15.7 Å². The van der Waals surface area contributed by atoms with E-state index >= 15 is 0 Å². The Kier molecular flexibility index (Phi) is 2.05. The molecule has 0 fully saturated rings. The number of rotatable bonds is 0. The minimum absolute atomic E-state index is 1.14. The van der Waals surface area contributed by atoms with E-state index in [0.717, 1.165) is 6.42 Å². The lowest BCUT2D eigenvalue weighted by atomic mass is 10.2. The zero-order valence-corrected chi connectivity index (χ0v) is 6.97. The first-order chi connectivity index (χ1) is 3.79. The van der Waals surface area contributed by atoms with Crippen LogP contribution in [-0.4, -0.2) is 3.72 Å². The Balaban J connectivity index is 2.65. The van der Waals surface area contributed by atoms with Crippen molar-refractivity contribution in [2.75, 3.05) is 0 Å². The normalized spacial score (nSPS) is 19.8. The molecule has 0 saturated heterocycles. The van der Waals surface area contributed by atoms with Gasteiger partial charge in [-0.15, -0.1) is 0 Å². The molecule has 0 aliphatic carbocycles. The Bertz CT molecular complexity index is 129. The minimum Gasteiger partial charge on any atom is -0.255 e. The molecule has 0 unspecified atom stereocenters. The van der Waals surface area contributed by atoms with Gasteiger partial charge >= 0.3 is 0 Å². The van der Waals surface area contributed by atoms with E-state index in [1.807, 2.05) is 6.20 Å². The van der Waals surface area contributed by atoms with Gasteiger partial charge < -0.3 is 0 Å². The molecule has 0 spiro atoms. The van der Waals surface area contributed by atoms with Crippen molar-refractivity contribution in [1.29, 1.82) is 0 Å². The summed E-state index contributed by atoms with van der Waals surface area (Å²) in [5.41, 5.74) is 1.39. The highest BCUT2D eigenvalue weighted by Gasteiger charge is 1.98. The molecule has 0 atom stereocenters. The van der Waals surface area contributed by atoms with Gasteiger partial charge in [-0.05, 0) is 42.4 Å². The van der Waals surface area contributed by atoms with Crippen molar-refractivity contribution in [3.8, 4) is 0 Å². The predicted molar refractivity (Wildman–Crippen MR) is 44.4 cm³/mol. The van der Waals surface area contributed by atoms with Crippen molar-refractivity contribution < 1.29 is 0 Å². The Labute approximate surface area is 63.0 Å². The molecular weight excluding hydrogens is 213 g/mol. The molecule has 1 rings (SSSR count). The van der Waals surface area contributed by atoms with E-state index in [1.54, 1.807) is 0 Å². The largest absolute Gasteiger partial charge is 0.255 e. The van der Waals surface area contributed by atoms with Crippen LogP contribution in [-0.2, 0) is 0 Å². The summed E-state index contributed by atoms with van der Waals surface area (Å²) < 4.78 is 1.23. The van der Waals surface area contributed by atoms with E-state index in [9.17, 15) is 0 Å². The van der Waals surface area contributed by atoms with Gasteiger partial charge in [-0.2, -0.15) is 0 Å². The molecule has 1 nitrogen and oxygen atoms in total. The molecule has 1 aliphatic rings. The maximum Gasteiger partial charge on any atom is 0.0786 e. The van der Waals surface area contributed by atoms with Gasteiger partial charge in [-0.3, -0.25) is 4.99 Å². The van der Waals surface area contributed by atoms with E-state index in [4.69, 9.17) is 0 Å². The molecule has 1 heterocycles. The van der Waals surface area contributed by atoms with Crippen molar-refractivity contribution in [1.82, 2.24) is 0 Å². The van der Waals surface area contributed by atoms with Gasteiger partial charge in [0.15, 0.2) is 0 Å². The molecule has 0 aromatic carbocycles. The lowest BCUT2D eigenvalue weighted by Gasteiger charge is -2.03. The second-order valence-electron chi connectivity index (χ2n) is 1.98. The molecule has 0 saturated carbocycles. The molecule has 44 valence electrons. The third-order valence-electron chi connectivity index (χ3n) is 1.15. The summed E-state index contributed by atoms with van der Waals surface area (Å²) in [6.45, 7) is 2.12. The zero-order chi connectivity index (χ0) is 5.98. The quantitative estimate of drug-likeness (QED) is 0.557. The van der Waals surface area contributed by atoms with Crippen LogP contribution in [0, 0.1) is 0 Å². The zero-order valence-electron chi connectivity index (χ0n) is 4.82. The van der Waals surface area contributed by atoms with Gasteiger partial charge in [0.25, 0.3) is 0 Å². The number of hydrogen-bond acceptors (Lipinski definition) is 1. The number of allylic oxidation sites excluding steroid dienone is 1. The SMILES string of the molecule is CC1=CN=C(I)CC1. The first-order valence-corrected chi connectivity index (χ1v) is 3.75. The highest BCUT2D eigenvalue weighted by Crippen LogP contribution is 2.13. The molecule has 1 aliphatic heterocycles. The second kappa shape index (κ2) is 2.62. The molecule has 0 bridgehead atoms. The Morgan fingerprint density at radius 2 is 2.38 bits per heavy atom. The van der Waals surface area contributed by atoms with Crippen molar-refractivity contribution in [2.24, 2.45) is 4.99 Å². The summed E-state index contributed by atoms with van der Waals surface area (Å²) in [4.78, 5) is 4.15. The predicted octanol–water partition coefficient (Wildman–Crippen LogP) is 2.52. The van der Waals surface area contributed by atoms with Crippen LogP contribution in [0.3, 0.4) is 0 Å². The molecule has 8 heavy (non-hydrogen) atoms. The van der Waals surface area contributed by atoms with Gasteiger partial charge in [-0.25, -0.2) is 0 Å². The summed E-state index contributed by atoms with van der Waals surface area (Å²) in [5, 5.41) is 0. The maximum atomic E-state index is 4.15. The minimum atomic E-state index is 1.14. The highest BCUT2D eigenvalue weighted by molar-refractivity contribution is 14.1. The number of aliphatic imine (C=N–C) groups is 1. The maximum absolute atomic E-state index is 4.15. The van der Waals surface area contributed by atoms with Gasteiger partial charge in [-0.1, -0.05) is 5.57 Å². The highest BCUT2D eigenvalue weighted by atomic mass is 127. The van der Waals surface area contributed by atoms with Crippen LogP contribution in [0.1, 0.15) is 19.8 Å². The molecule has 0 amide bonds. The first-order valence-electron chi connectivity index (χ1n) is 2.67. The average molecular weight is 221 g/mol. The van der Waals surface area contributed by atoms with Crippen LogP contribution in [0.2, 0.25) is 0 Å². The fourth-order valence-electron chi connectivity index (χ4n) is 0.610. The van der Waals surface area contributed by atoms with E-state index in [0.29, 0.717) is 0 Å². The van der Waals surface area contributed by atoms with Crippen molar-refractivity contribution >= 4 is 26.3 Å². The smallest absolute Gasteiger partial charge is 0.0786 e. The standard InChI is InChI=1S/C6H8IN/c1-5-2-3-6(7)8-4-5/h4H,2-3H2,1H3. The topological polar surface area (TPSA) is 12.4 Å². The van der Waals surface area contributed by atoms with Crippen molar-refractivity contribution in [3.63, 3.8) is 0 Å². The van der Waals surface area contributed by atoms with Crippen LogP contribution in [0.15, 0.2) is 16.8 Å². The van der Waals surface area contributed by atoms with Gasteiger partial charge in [0.05, 0.1) is 3.72 Å². The fourth-order valence-corrected chi connectivity index (χ4v) is 1.02. The van der Waals surface area contributed by atoms with Crippen LogP contribution < -0.4 is 0 Å². The molecule has 0 N–H and O–H groups in total. The number of halogens is 1. The lowest BCUT2D eigenvalue weighted by Crippen LogP contribution is -1.91. The summed E-state index contributed by atoms with van der Waals surface area (Å²) in [6.07, 6.45) is 4.29. The van der Waals surface area contributed by atoms with E-state index < -0.39 is 0 Å². The second-order valence-corrected chi connectivity index (χ2v) is 3.23. The molecule has 0 aromatic rings. The number of nitrogens with zero attached hydrogens (tertiary/aromatic N) is 1. The van der Waals surface area contributed by atoms with Crippen molar-refractivity contribution in [2.45, 2.75) is 19.8 Å². The Morgan fingerprint density at radius 1 is 1.62 bits per heavy atom. The molecule has 0 aromatic heterocycles. The summed E-state index contributed by atoms with van der Waals surface area (Å²) in [5.74, 6) is 0. The van der Waals surface area contributed by atoms with Crippen LogP contribution >= 0.6 is 22.6 Å². The fraction of sp³-hybridized carbons (Fsp3) is 0.500. The Hall–Kier alpha value is 0.140. The van der Waals surface area contributed by atoms with Crippen LogP contribution in [0.5, 0.6) is 0 Å². The third-order valence-corrected chi connectivity index (χ3v) is 1.97. The van der Waals surface area contributed by atoms with Crippen molar-refractivity contribution in [3.05, 3.63) is 11.8 Å². The van der Waals surface area contributed by atoms with E-state index in [2.05, 4.69) is 34.5 Å². The summed E-state index contributed by atoms with van der Waals surface area (Å²) >= 11 is 2.27. The monoisotopic (exact) mass is 221 g/mol. The molecule has 0 radical (unpaired) electrons.